The van der Waals surface area contributed by atoms with E-state index in [0.717, 1.165) is 16.2 Å². The second kappa shape index (κ2) is 7.10. The molecule has 142 valence electrons. The van der Waals surface area contributed by atoms with Crippen LogP contribution in [0.3, 0.4) is 0 Å². The van der Waals surface area contributed by atoms with Gasteiger partial charge in [0.1, 0.15) is 5.60 Å². The van der Waals surface area contributed by atoms with Crippen molar-refractivity contribution in [1.82, 2.24) is 19.8 Å². The molecule has 0 saturated carbocycles. The highest BCUT2D eigenvalue weighted by Crippen LogP contribution is 2.23. The molecule has 0 aliphatic carbocycles. The van der Waals surface area contributed by atoms with Gasteiger partial charge in [0.2, 0.25) is 5.96 Å². The number of aromatic amines is 1. The molecule has 0 atom stereocenters. The normalized spacial score (nSPS) is 16.0. The molecule has 0 bridgehead atoms. The van der Waals surface area contributed by atoms with Crippen LogP contribution in [-0.4, -0.2) is 61.7 Å². The summed E-state index contributed by atoms with van der Waals surface area (Å²) in [6, 6.07) is 7.13. The second-order valence-corrected chi connectivity index (χ2v) is 6.98. The third kappa shape index (κ3) is 4.25. The van der Waals surface area contributed by atoms with Crippen molar-refractivity contribution in [1.29, 1.82) is 0 Å². The first-order valence-electron chi connectivity index (χ1n) is 8.43. The molecular weight excluding hydrogens is 350 g/mol. The Bertz CT molecular complexity index is 853. The number of nitrogens with zero attached hydrogens (tertiary/aromatic N) is 4. The summed E-state index contributed by atoms with van der Waals surface area (Å²) >= 11 is 0. The fourth-order valence-electron chi connectivity index (χ4n) is 2.58. The molecule has 2 aromatic rings. The van der Waals surface area contributed by atoms with E-state index in [1.165, 1.54) is 4.90 Å². The summed E-state index contributed by atoms with van der Waals surface area (Å²) in [6.45, 7) is 5.58. The Morgan fingerprint density at radius 3 is 2.41 bits per heavy atom. The largest absolute Gasteiger partial charge is 0.465 e. The van der Waals surface area contributed by atoms with Gasteiger partial charge in [-0.1, -0.05) is 12.1 Å². The first kappa shape index (κ1) is 18.4. The van der Waals surface area contributed by atoms with Crippen molar-refractivity contribution in [2.75, 3.05) is 13.1 Å². The van der Waals surface area contributed by atoms with Crippen molar-refractivity contribution in [2.45, 2.75) is 26.4 Å². The maximum atomic E-state index is 12.4. The number of nitrogens with one attached hydrogen (secondary N) is 1. The fourth-order valence-corrected chi connectivity index (χ4v) is 2.58. The molecule has 3 rings (SSSR count). The molecule has 2 N–H and O–H groups in total. The van der Waals surface area contributed by atoms with Crippen LogP contribution >= 0.6 is 0 Å². The summed E-state index contributed by atoms with van der Waals surface area (Å²) in [5.74, 6) is 0.0317. The number of rotatable bonds is 2. The number of imidazole rings is 1. The minimum atomic E-state index is -1.17. The van der Waals surface area contributed by atoms with Gasteiger partial charge in [0.15, 0.2) is 0 Å². The molecule has 1 aromatic carbocycles. The van der Waals surface area contributed by atoms with Gasteiger partial charge in [-0.05, 0) is 32.9 Å². The molecule has 9 nitrogen and oxygen atoms in total. The van der Waals surface area contributed by atoms with Gasteiger partial charge in [0.25, 0.3) is 0 Å². The van der Waals surface area contributed by atoms with Crippen LogP contribution in [0.15, 0.2) is 41.8 Å². The van der Waals surface area contributed by atoms with Gasteiger partial charge >= 0.3 is 12.2 Å². The Labute approximate surface area is 156 Å². The maximum Gasteiger partial charge on any atom is 0.417 e. The highest BCUT2D eigenvalue weighted by Gasteiger charge is 2.37. The predicted molar refractivity (Wildman–Crippen MR) is 98.8 cm³/mol. The van der Waals surface area contributed by atoms with Crippen LogP contribution in [0.5, 0.6) is 0 Å². The number of carboxylic acid groups (broad SMARTS) is 1. The van der Waals surface area contributed by atoms with Crippen LogP contribution in [0.25, 0.3) is 11.3 Å². The number of guanidine groups is 1. The van der Waals surface area contributed by atoms with E-state index in [1.54, 1.807) is 45.4 Å². The van der Waals surface area contributed by atoms with E-state index in [0.29, 0.717) is 5.69 Å². The van der Waals surface area contributed by atoms with E-state index in [-0.39, 0.29) is 19.0 Å². The Morgan fingerprint density at radius 1 is 1.19 bits per heavy atom. The standard InChI is InChI=1S/C18H21N5O4/c1-18(2,3)27-17(26)23-9-8-22(16(24)25)15(23)21-13-6-4-12(5-7-13)14-10-19-11-20-14/h4-7,10-11H,8-9H2,1-3H3,(H,19,20)(H,24,25). The predicted octanol–water partition coefficient (Wildman–Crippen LogP) is 3.29. The average Bonchev–Trinajstić information content (AvgIpc) is 3.23. The number of H-pyrrole nitrogens is 1. The number of carbonyl (C=O) groups is 2. The summed E-state index contributed by atoms with van der Waals surface area (Å²) in [4.78, 5) is 37.7. The first-order chi connectivity index (χ1) is 12.7. The average molecular weight is 371 g/mol. The van der Waals surface area contributed by atoms with Crippen molar-refractivity contribution in [2.24, 2.45) is 4.99 Å². The van der Waals surface area contributed by atoms with E-state index in [9.17, 15) is 14.7 Å². The Balaban J connectivity index is 1.88. The number of benzene rings is 1. The third-order valence-electron chi connectivity index (χ3n) is 3.77. The minimum Gasteiger partial charge on any atom is -0.465 e. The van der Waals surface area contributed by atoms with Gasteiger partial charge in [0, 0.05) is 11.8 Å². The summed E-state index contributed by atoms with van der Waals surface area (Å²) in [5, 5.41) is 9.42. The summed E-state index contributed by atoms with van der Waals surface area (Å²) in [5.41, 5.74) is 1.51. The number of aromatic nitrogens is 2. The van der Waals surface area contributed by atoms with E-state index < -0.39 is 17.8 Å². The lowest BCUT2D eigenvalue weighted by Gasteiger charge is -2.24. The summed E-state index contributed by atoms with van der Waals surface area (Å²) in [7, 11) is 0. The number of amides is 2. The highest BCUT2D eigenvalue weighted by molar-refractivity contribution is 6.03. The van der Waals surface area contributed by atoms with Gasteiger partial charge in [-0.25, -0.2) is 29.4 Å². The van der Waals surface area contributed by atoms with Crippen molar-refractivity contribution < 1.29 is 19.4 Å². The number of carbonyl (C=O) groups excluding carboxylic acids is 1. The SMILES string of the molecule is CC(C)(C)OC(=O)N1CCN(C(=O)O)C1=Nc1ccc(-c2c[nH]cn2)cc1. The second-order valence-electron chi connectivity index (χ2n) is 6.98. The Hall–Kier alpha value is -3.36. The van der Waals surface area contributed by atoms with Crippen molar-refractivity contribution in [3.8, 4) is 11.3 Å². The fraction of sp³-hybridized carbons (Fsp3) is 0.333. The molecule has 1 aliphatic heterocycles. The smallest absolute Gasteiger partial charge is 0.417 e. The van der Waals surface area contributed by atoms with Crippen LogP contribution in [-0.2, 0) is 4.74 Å². The van der Waals surface area contributed by atoms with Crippen molar-refractivity contribution in [3.05, 3.63) is 36.8 Å². The monoisotopic (exact) mass is 371 g/mol. The highest BCUT2D eigenvalue weighted by atomic mass is 16.6. The zero-order chi connectivity index (χ0) is 19.6. The van der Waals surface area contributed by atoms with Crippen LogP contribution in [0.1, 0.15) is 20.8 Å². The van der Waals surface area contributed by atoms with Gasteiger partial charge in [0.05, 0.1) is 30.8 Å². The van der Waals surface area contributed by atoms with Crippen LogP contribution < -0.4 is 0 Å². The van der Waals surface area contributed by atoms with Crippen LogP contribution in [0, 0.1) is 0 Å². The van der Waals surface area contributed by atoms with Crippen LogP contribution in [0.2, 0.25) is 0 Å². The van der Waals surface area contributed by atoms with Crippen LogP contribution in [0.4, 0.5) is 15.3 Å². The zero-order valence-corrected chi connectivity index (χ0v) is 15.3. The molecule has 1 aromatic heterocycles. The van der Waals surface area contributed by atoms with E-state index in [2.05, 4.69) is 15.0 Å². The van der Waals surface area contributed by atoms with Gasteiger partial charge < -0.3 is 14.8 Å². The maximum absolute atomic E-state index is 12.4. The van der Waals surface area contributed by atoms with E-state index >= 15 is 0 Å². The number of aliphatic imine (C=N–C) groups is 1. The Morgan fingerprint density at radius 2 is 1.85 bits per heavy atom. The first-order valence-corrected chi connectivity index (χ1v) is 8.43. The molecular formula is C18H21N5O4. The minimum absolute atomic E-state index is 0.0317. The lowest BCUT2D eigenvalue weighted by Crippen LogP contribution is -2.42. The van der Waals surface area contributed by atoms with Crippen molar-refractivity contribution in [3.63, 3.8) is 0 Å². The molecule has 0 unspecified atom stereocenters. The molecule has 2 amide bonds. The summed E-state index contributed by atoms with van der Waals surface area (Å²) in [6.07, 6.45) is 1.56. The zero-order valence-electron chi connectivity index (χ0n) is 15.3. The molecule has 2 heterocycles. The Kier molecular flexibility index (Phi) is 4.85. The number of hydrogen-bond donors (Lipinski definition) is 2. The summed E-state index contributed by atoms with van der Waals surface area (Å²) < 4.78 is 5.36. The molecule has 1 saturated heterocycles. The quantitative estimate of drug-likeness (QED) is 0.841. The van der Waals surface area contributed by atoms with E-state index in [4.69, 9.17) is 4.74 Å². The molecule has 0 radical (unpaired) electrons. The third-order valence-corrected chi connectivity index (χ3v) is 3.77. The molecule has 1 fully saturated rings. The van der Waals surface area contributed by atoms with Gasteiger partial charge in [-0.3, -0.25) is 0 Å². The van der Waals surface area contributed by atoms with Crippen molar-refractivity contribution >= 4 is 23.8 Å². The number of ether oxygens (including phenoxy) is 1. The van der Waals surface area contributed by atoms with Gasteiger partial charge in [-0.15, -0.1) is 0 Å². The lowest BCUT2D eigenvalue weighted by molar-refractivity contribution is 0.0385. The topological polar surface area (TPSA) is 111 Å². The van der Waals surface area contributed by atoms with E-state index in [1.807, 2.05) is 12.1 Å². The molecule has 27 heavy (non-hydrogen) atoms. The lowest BCUT2D eigenvalue weighted by atomic mass is 10.1. The molecule has 1 aliphatic rings. The van der Waals surface area contributed by atoms with Gasteiger partial charge in [-0.2, -0.15) is 0 Å². The molecule has 0 spiro atoms. The molecule has 9 heteroatoms. The number of hydrogen-bond acceptors (Lipinski definition) is 5.